The van der Waals surface area contributed by atoms with E-state index < -0.39 is 23.2 Å². The molecule has 0 aliphatic heterocycles. The lowest BCUT2D eigenvalue weighted by Gasteiger charge is -2.11. The summed E-state index contributed by atoms with van der Waals surface area (Å²) in [5.74, 6) is -2.77. The Labute approximate surface area is 129 Å². The molecule has 0 saturated heterocycles. The van der Waals surface area contributed by atoms with Crippen LogP contribution in [0.2, 0.25) is 10.0 Å². The number of carbonyl (C=O) groups excluding carboxylic acids is 1. The third-order valence-corrected chi connectivity index (χ3v) is 3.67. The van der Waals surface area contributed by atoms with Crippen molar-refractivity contribution >= 4 is 40.5 Å². The van der Waals surface area contributed by atoms with Crippen LogP contribution in [0.4, 0.5) is 20.2 Å². The highest BCUT2D eigenvalue weighted by molar-refractivity contribution is 6.40. The van der Waals surface area contributed by atoms with E-state index in [0.29, 0.717) is 5.56 Å². The number of nitrogen functional groups attached to an aromatic ring is 1. The highest BCUT2D eigenvalue weighted by Gasteiger charge is 2.16. The van der Waals surface area contributed by atoms with Crippen molar-refractivity contribution < 1.29 is 13.6 Å². The first-order valence-electron chi connectivity index (χ1n) is 5.81. The minimum Gasteiger partial charge on any atom is -0.394 e. The molecule has 21 heavy (non-hydrogen) atoms. The van der Waals surface area contributed by atoms with Crippen LogP contribution in [0, 0.1) is 18.6 Å². The van der Waals surface area contributed by atoms with E-state index in [2.05, 4.69) is 5.32 Å². The van der Waals surface area contributed by atoms with Gasteiger partial charge in [-0.25, -0.2) is 8.78 Å². The average Bonchev–Trinajstić information content (AvgIpc) is 2.44. The van der Waals surface area contributed by atoms with Crippen LogP contribution in [0.25, 0.3) is 0 Å². The van der Waals surface area contributed by atoms with Gasteiger partial charge in [0.15, 0.2) is 0 Å². The normalized spacial score (nSPS) is 10.5. The Bertz CT molecular complexity index is 712. The zero-order valence-electron chi connectivity index (χ0n) is 10.8. The largest absolute Gasteiger partial charge is 0.394 e. The summed E-state index contributed by atoms with van der Waals surface area (Å²) in [6, 6.07) is 4.92. The number of hydrogen-bond donors (Lipinski definition) is 2. The van der Waals surface area contributed by atoms with Gasteiger partial charge in [-0.15, -0.1) is 0 Å². The third-order valence-electron chi connectivity index (χ3n) is 2.86. The second-order valence-electron chi connectivity index (χ2n) is 4.36. The summed E-state index contributed by atoms with van der Waals surface area (Å²) in [5.41, 5.74) is 5.16. The molecule has 0 spiro atoms. The number of hydrogen-bond acceptors (Lipinski definition) is 2. The van der Waals surface area contributed by atoms with Gasteiger partial charge in [-0.3, -0.25) is 4.79 Å². The van der Waals surface area contributed by atoms with E-state index in [1.54, 1.807) is 19.1 Å². The van der Waals surface area contributed by atoms with E-state index in [1.807, 2.05) is 0 Å². The molecule has 0 atom stereocenters. The standard InChI is InChI=1S/C14H10Cl2F2N2O/c1-6-2-3-8(15)13(11(6)16)20-14(21)7-4-9(17)12(19)10(18)5-7/h2-5H,19H2,1H3,(H,20,21). The zero-order valence-corrected chi connectivity index (χ0v) is 12.3. The highest BCUT2D eigenvalue weighted by Crippen LogP contribution is 2.33. The van der Waals surface area contributed by atoms with E-state index >= 15 is 0 Å². The summed E-state index contributed by atoms with van der Waals surface area (Å²) >= 11 is 12.0. The number of amides is 1. The number of aryl methyl sites for hydroxylation is 1. The summed E-state index contributed by atoms with van der Waals surface area (Å²) in [6.07, 6.45) is 0. The maximum absolute atomic E-state index is 13.4. The Hall–Kier alpha value is -1.85. The monoisotopic (exact) mass is 330 g/mol. The summed E-state index contributed by atoms with van der Waals surface area (Å²) in [5, 5.41) is 2.91. The Morgan fingerprint density at radius 1 is 1.19 bits per heavy atom. The van der Waals surface area contributed by atoms with E-state index in [1.165, 1.54) is 0 Å². The van der Waals surface area contributed by atoms with Crippen LogP contribution >= 0.6 is 23.2 Å². The molecular formula is C14H10Cl2F2N2O. The van der Waals surface area contributed by atoms with E-state index in [-0.39, 0.29) is 21.3 Å². The molecule has 0 fully saturated rings. The van der Waals surface area contributed by atoms with Crippen LogP contribution in [-0.2, 0) is 0 Å². The first kappa shape index (κ1) is 15.5. The SMILES string of the molecule is Cc1ccc(Cl)c(NC(=O)c2cc(F)c(N)c(F)c2)c1Cl. The summed E-state index contributed by atoms with van der Waals surface area (Å²) < 4.78 is 26.7. The number of nitrogens with one attached hydrogen (secondary N) is 1. The molecule has 0 aliphatic carbocycles. The van der Waals surface area contributed by atoms with Gasteiger partial charge in [-0.2, -0.15) is 0 Å². The lowest BCUT2D eigenvalue weighted by molar-refractivity contribution is 0.102. The fraction of sp³-hybridized carbons (Fsp3) is 0.0714. The van der Waals surface area contributed by atoms with Crippen molar-refractivity contribution in [1.82, 2.24) is 0 Å². The topological polar surface area (TPSA) is 55.1 Å². The van der Waals surface area contributed by atoms with E-state index in [9.17, 15) is 13.6 Å². The molecule has 0 aliphatic rings. The molecule has 0 heterocycles. The lowest BCUT2D eigenvalue weighted by atomic mass is 10.1. The molecule has 3 N–H and O–H groups in total. The molecule has 1 amide bonds. The van der Waals surface area contributed by atoms with Gasteiger partial charge in [0, 0.05) is 5.56 Å². The van der Waals surface area contributed by atoms with Crippen molar-refractivity contribution in [2.75, 3.05) is 11.1 Å². The van der Waals surface area contributed by atoms with Crippen molar-refractivity contribution in [2.45, 2.75) is 6.92 Å². The maximum Gasteiger partial charge on any atom is 0.255 e. The molecule has 2 aromatic carbocycles. The van der Waals surface area contributed by atoms with Gasteiger partial charge in [-0.05, 0) is 30.7 Å². The molecule has 3 nitrogen and oxygen atoms in total. The molecule has 2 aromatic rings. The van der Waals surface area contributed by atoms with Crippen LogP contribution in [0.3, 0.4) is 0 Å². The van der Waals surface area contributed by atoms with Crippen molar-refractivity contribution in [2.24, 2.45) is 0 Å². The summed E-state index contributed by atoms with van der Waals surface area (Å²) in [6.45, 7) is 1.73. The minimum absolute atomic E-state index is 0.181. The average molecular weight is 331 g/mol. The highest BCUT2D eigenvalue weighted by atomic mass is 35.5. The van der Waals surface area contributed by atoms with Crippen molar-refractivity contribution in [3.8, 4) is 0 Å². The Kier molecular flexibility index (Phi) is 4.34. The van der Waals surface area contributed by atoms with Gasteiger partial charge in [0.05, 0.1) is 15.7 Å². The fourth-order valence-electron chi connectivity index (χ4n) is 1.67. The number of benzene rings is 2. The van der Waals surface area contributed by atoms with Gasteiger partial charge >= 0.3 is 0 Å². The van der Waals surface area contributed by atoms with Crippen LogP contribution in [0.1, 0.15) is 15.9 Å². The van der Waals surface area contributed by atoms with Crippen LogP contribution in [0.15, 0.2) is 24.3 Å². The number of halogens is 4. The summed E-state index contributed by atoms with van der Waals surface area (Å²) in [7, 11) is 0. The predicted molar refractivity (Wildman–Crippen MR) is 79.9 cm³/mol. The zero-order chi connectivity index (χ0) is 15.7. The first-order valence-corrected chi connectivity index (χ1v) is 6.57. The van der Waals surface area contributed by atoms with Gasteiger partial charge in [0.1, 0.15) is 17.3 Å². The Morgan fingerprint density at radius 2 is 1.76 bits per heavy atom. The molecule has 0 aromatic heterocycles. The van der Waals surface area contributed by atoms with E-state index in [4.69, 9.17) is 28.9 Å². The lowest BCUT2D eigenvalue weighted by Crippen LogP contribution is -2.14. The maximum atomic E-state index is 13.4. The number of nitrogens with two attached hydrogens (primary N) is 1. The smallest absolute Gasteiger partial charge is 0.255 e. The van der Waals surface area contributed by atoms with Crippen LogP contribution < -0.4 is 11.1 Å². The first-order chi connectivity index (χ1) is 9.81. The number of carbonyl (C=O) groups is 1. The molecule has 0 radical (unpaired) electrons. The second-order valence-corrected chi connectivity index (χ2v) is 5.15. The second kappa shape index (κ2) is 5.87. The fourth-order valence-corrected chi connectivity index (χ4v) is 2.14. The Balaban J connectivity index is 2.37. The molecule has 0 unspecified atom stereocenters. The molecule has 7 heteroatoms. The van der Waals surface area contributed by atoms with Gasteiger partial charge < -0.3 is 11.1 Å². The number of anilines is 2. The molecular weight excluding hydrogens is 321 g/mol. The van der Waals surface area contributed by atoms with Crippen molar-refractivity contribution in [1.29, 1.82) is 0 Å². The third kappa shape index (κ3) is 3.09. The quantitative estimate of drug-likeness (QED) is 0.801. The number of rotatable bonds is 2. The van der Waals surface area contributed by atoms with Gasteiger partial charge in [0.2, 0.25) is 0 Å². The Morgan fingerprint density at radius 3 is 2.33 bits per heavy atom. The predicted octanol–water partition coefficient (Wildman–Crippen LogP) is 4.41. The van der Waals surface area contributed by atoms with Gasteiger partial charge in [0.25, 0.3) is 5.91 Å². The van der Waals surface area contributed by atoms with Crippen molar-refractivity contribution in [3.05, 3.63) is 57.1 Å². The van der Waals surface area contributed by atoms with Crippen LogP contribution in [-0.4, -0.2) is 5.91 Å². The molecule has 2 rings (SSSR count). The van der Waals surface area contributed by atoms with Crippen LogP contribution in [0.5, 0.6) is 0 Å². The van der Waals surface area contributed by atoms with Gasteiger partial charge in [-0.1, -0.05) is 29.3 Å². The molecule has 0 saturated carbocycles. The van der Waals surface area contributed by atoms with Crippen molar-refractivity contribution in [3.63, 3.8) is 0 Å². The summed E-state index contributed by atoms with van der Waals surface area (Å²) in [4.78, 5) is 12.0. The van der Waals surface area contributed by atoms with E-state index in [0.717, 1.165) is 12.1 Å². The minimum atomic E-state index is -1.01. The molecule has 110 valence electrons. The molecule has 0 bridgehead atoms.